The van der Waals surface area contributed by atoms with Gasteiger partial charge in [-0.05, 0) is 48.7 Å². The minimum absolute atomic E-state index is 0.159. The van der Waals surface area contributed by atoms with Crippen LogP contribution in [0.2, 0.25) is 0 Å². The van der Waals surface area contributed by atoms with Crippen LogP contribution in [-0.2, 0) is 11.3 Å². The predicted octanol–water partition coefficient (Wildman–Crippen LogP) is 6.56. The molecule has 35 heavy (non-hydrogen) atoms. The molecule has 3 aromatic carbocycles. The number of aromatic nitrogens is 2. The second-order valence-electron chi connectivity index (χ2n) is 9.08. The van der Waals surface area contributed by atoms with Gasteiger partial charge in [-0.15, -0.1) is 0 Å². The SMILES string of the molecule is Cc1nn(Cc2ccccc2)c2c1[C@H](c1cccc(Oc3ccccc3)c1)C1=C(CCCC1=O)O2. The van der Waals surface area contributed by atoms with Crippen molar-refractivity contribution in [2.24, 2.45) is 0 Å². The quantitative estimate of drug-likeness (QED) is 0.337. The van der Waals surface area contributed by atoms with Gasteiger partial charge >= 0.3 is 0 Å². The topological polar surface area (TPSA) is 53.4 Å². The molecule has 1 atom stereocenters. The number of carbonyl (C=O) groups is 1. The van der Waals surface area contributed by atoms with Crippen LogP contribution >= 0.6 is 0 Å². The Morgan fingerprint density at radius 1 is 0.943 bits per heavy atom. The highest BCUT2D eigenvalue weighted by atomic mass is 16.5. The lowest BCUT2D eigenvalue weighted by Crippen LogP contribution is -2.26. The van der Waals surface area contributed by atoms with E-state index in [1.54, 1.807) is 0 Å². The third-order valence-corrected chi connectivity index (χ3v) is 6.68. The zero-order valence-corrected chi connectivity index (χ0v) is 19.6. The van der Waals surface area contributed by atoms with Gasteiger partial charge in [-0.25, -0.2) is 4.68 Å². The molecule has 0 unspecified atom stereocenters. The third kappa shape index (κ3) is 4.03. The number of aryl methyl sites for hydroxylation is 1. The van der Waals surface area contributed by atoms with Gasteiger partial charge in [0.1, 0.15) is 17.3 Å². The van der Waals surface area contributed by atoms with E-state index >= 15 is 0 Å². The maximum atomic E-state index is 13.2. The minimum Gasteiger partial charge on any atom is -0.457 e. The lowest BCUT2D eigenvalue weighted by atomic mass is 9.77. The Morgan fingerprint density at radius 2 is 1.69 bits per heavy atom. The Labute approximate surface area is 204 Å². The Balaban J connectivity index is 1.45. The first kappa shape index (κ1) is 21.4. The van der Waals surface area contributed by atoms with Crippen LogP contribution in [0.4, 0.5) is 0 Å². The van der Waals surface area contributed by atoms with E-state index in [0.29, 0.717) is 13.0 Å². The number of ether oxygens (including phenoxy) is 2. The van der Waals surface area contributed by atoms with Crippen molar-refractivity contribution in [3.05, 3.63) is 119 Å². The van der Waals surface area contributed by atoms with E-state index in [4.69, 9.17) is 14.6 Å². The number of Topliss-reactive ketones (excluding diaryl/α,β-unsaturated/α-hetero) is 1. The maximum Gasteiger partial charge on any atom is 0.222 e. The molecule has 0 bridgehead atoms. The van der Waals surface area contributed by atoms with Crippen LogP contribution in [0.15, 0.2) is 96.3 Å². The number of hydrogen-bond acceptors (Lipinski definition) is 4. The fraction of sp³-hybridized carbons (Fsp3) is 0.200. The second kappa shape index (κ2) is 8.91. The van der Waals surface area contributed by atoms with Gasteiger partial charge in [0.25, 0.3) is 0 Å². The highest BCUT2D eigenvalue weighted by Gasteiger charge is 2.40. The maximum absolute atomic E-state index is 13.2. The largest absolute Gasteiger partial charge is 0.457 e. The molecule has 1 aliphatic carbocycles. The van der Waals surface area contributed by atoms with Crippen LogP contribution < -0.4 is 9.47 Å². The van der Waals surface area contributed by atoms with Crippen molar-refractivity contribution >= 4 is 5.78 Å². The zero-order valence-electron chi connectivity index (χ0n) is 19.6. The third-order valence-electron chi connectivity index (χ3n) is 6.68. The molecule has 0 radical (unpaired) electrons. The van der Waals surface area contributed by atoms with Crippen LogP contribution in [0.5, 0.6) is 17.4 Å². The Morgan fingerprint density at radius 3 is 2.49 bits per heavy atom. The van der Waals surface area contributed by atoms with Crippen LogP contribution in [0.25, 0.3) is 0 Å². The molecule has 4 aromatic rings. The Kier molecular flexibility index (Phi) is 5.45. The van der Waals surface area contributed by atoms with Gasteiger partial charge in [-0.2, -0.15) is 5.10 Å². The first-order valence-electron chi connectivity index (χ1n) is 12.1. The zero-order chi connectivity index (χ0) is 23.8. The molecule has 2 heterocycles. The van der Waals surface area contributed by atoms with Crippen molar-refractivity contribution in [3.63, 3.8) is 0 Å². The van der Waals surface area contributed by atoms with Crippen LogP contribution in [0, 0.1) is 6.92 Å². The molecule has 1 aromatic heterocycles. The molecule has 0 fully saturated rings. The lowest BCUT2D eigenvalue weighted by molar-refractivity contribution is -0.116. The molecular weight excluding hydrogens is 436 g/mol. The highest BCUT2D eigenvalue weighted by Crippen LogP contribution is 2.48. The fourth-order valence-electron chi connectivity index (χ4n) is 5.12. The smallest absolute Gasteiger partial charge is 0.222 e. The van der Waals surface area contributed by atoms with Crippen molar-refractivity contribution in [2.75, 3.05) is 0 Å². The number of allylic oxidation sites excluding steroid dienone is 2. The summed E-state index contributed by atoms with van der Waals surface area (Å²) in [5, 5.41) is 4.86. The van der Waals surface area contributed by atoms with Crippen LogP contribution in [-0.4, -0.2) is 15.6 Å². The second-order valence-corrected chi connectivity index (χ2v) is 9.08. The predicted molar refractivity (Wildman–Crippen MR) is 134 cm³/mol. The van der Waals surface area contributed by atoms with Gasteiger partial charge in [-0.1, -0.05) is 60.7 Å². The normalized spacial score (nSPS) is 16.9. The van der Waals surface area contributed by atoms with Gasteiger partial charge in [-0.3, -0.25) is 4.79 Å². The summed E-state index contributed by atoms with van der Waals surface area (Å²) in [5.41, 5.74) is 4.76. The van der Waals surface area contributed by atoms with Crippen molar-refractivity contribution < 1.29 is 14.3 Å². The molecule has 0 saturated carbocycles. The Bertz CT molecular complexity index is 1420. The number of benzene rings is 3. The monoisotopic (exact) mass is 462 g/mol. The summed E-state index contributed by atoms with van der Waals surface area (Å²) in [4.78, 5) is 13.2. The van der Waals surface area contributed by atoms with Crippen LogP contribution in [0.1, 0.15) is 47.6 Å². The molecule has 0 spiro atoms. The summed E-state index contributed by atoms with van der Waals surface area (Å²) in [5.74, 6) is 2.96. The summed E-state index contributed by atoms with van der Waals surface area (Å²) in [6.45, 7) is 2.61. The van der Waals surface area contributed by atoms with Gasteiger partial charge < -0.3 is 9.47 Å². The van der Waals surface area contributed by atoms with E-state index in [0.717, 1.165) is 63.9 Å². The van der Waals surface area contributed by atoms with Crippen molar-refractivity contribution in [2.45, 2.75) is 38.6 Å². The molecule has 2 aliphatic rings. The molecule has 0 amide bonds. The molecule has 5 heteroatoms. The van der Waals surface area contributed by atoms with Crippen LogP contribution in [0.3, 0.4) is 0 Å². The number of para-hydroxylation sites is 1. The van der Waals surface area contributed by atoms with Gasteiger partial charge in [0.15, 0.2) is 5.78 Å². The number of hydrogen-bond donors (Lipinski definition) is 0. The number of ketones is 1. The molecular formula is C30H26N2O3. The average Bonchev–Trinajstić information content (AvgIpc) is 3.19. The van der Waals surface area contributed by atoms with E-state index in [-0.39, 0.29) is 11.7 Å². The molecule has 5 nitrogen and oxygen atoms in total. The average molecular weight is 463 g/mol. The van der Waals surface area contributed by atoms with E-state index in [1.807, 2.05) is 78.3 Å². The molecule has 0 saturated heterocycles. The number of rotatable bonds is 5. The van der Waals surface area contributed by atoms with E-state index in [1.165, 1.54) is 0 Å². The summed E-state index contributed by atoms with van der Waals surface area (Å²) < 4.78 is 14.5. The lowest BCUT2D eigenvalue weighted by Gasteiger charge is -2.31. The number of carbonyl (C=O) groups excluding carboxylic acids is 1. The molecule has 0 N–H and O–H groups in total. The van der Waals surface area contributed by atoms with E-state index in [9.17, 15) is 4.79 Å². The number of nitrogens with zero attached hydrogens (tertiary/aromatic N) is 2. The highest BCUT2D eigenvalue weighted by molar-refractivity contribution is 5.99. The summed E-state index contributed by atoms with van der Waals surface area (Å²) in [6.07, 6.45) is 2.11. The fourth-order valence-corrected chi connectivity index (χ4v) is 5.12. The molecule has 174 valence electrons. The molecule has 1 aliphatic heterocycles. The summed E-state index contributed by atoms with van der Waals surface area (Å²) in [7, 11) is 0. The van der Waals surface area contributed by atoms with E-state index < -0.39 is 0 Å². The summed E-state index contributed by atoms with van der Waals surface area (Å²) in [6, 6.07) is 28.0. The van der Waals surface area contributed by atoms with Gasteiger partial charge in [0.2, 0.25) is 5.88 Å². The van der Waals surface area contributed by atoms with E-state index in [2.05, 4.69) is 18.2 Å². The van der Waals surface area contributed by atoms with Crippen molar-refractivity contribution in [3.8, 4) is 17.4 Å². The van der Waals surface area contributed by atoms with Crippen molar-refractivity contribution in [1.29, 1.82) is 0 Å². The van der Waals surface area contributed by atoms with Crippen molar-refractivity contribution in [1.82, 2.24) is 9.78 Å². The van der Waals surface area contributed by atoms with Gasteiger partial charge in [0, 0.05) is 29.9 Å². The number of fused-ring (bicyclic) bond motifs is 1. The minimum atomic E-state index is -0.231. The standard InChI is InChI=1S/C30H26N2O3/c1-20-27-28(22-12-8-15-24(18-22)34-23-13-6-3-7-14-23)29-25(33)16-9-17-26(29)35-30(27)32(31-20)19-21-10-4-2-5-11-21/h2-8,10-15,18,28H,9,16-17,19H2,1H3/t28-/m0/s1. The Hall–Kier alpha value is -4.12. The first-order valence-corrected chi connectivity index (χ1v) is 12.1. The first-order chi connectivity index (χ1) is 17.2. The molecule has 6 rings (SSSR count). The summed E-state index contributed by atoms with van der Waals surface area (Å²) >= 11 is 0. The van der Waals surface area contributed by atoms with Gasteiger partial charge in [0.05, 0.1) is 12.2 Å².